The molecule has 0 unspecified atom stereocenters. The molecule has 64 valence electrons. The van der Waals surface area contributed by atoms with Gasteiger partial charge in [-0.2, -0.15) is 5.26 Å². The van der Waals surface area contributed by atoms with E-state index in [9.17, 15) is 0 Å². The van der Waals surface area contributed by atoms with Gasteiger partial charge in [-0.05, 0) is 18.0 Å². The molecular formula is C9H10BrNO. The van der Waals surface area contributed by atoms with Crippen LogP contribution in [0.5, 0.6) is 0 Å². The minimum Gasteiger partial charge on any atom is -0.495 e. The van der Waals surface area contributed by atoms with E-state index in [1.165, 1.54) is 7.11 Å². The summed E-state index contributed by atoms with van der Waals surface area (Å²) in [4.78, 5) is 1.69. The fourth-order valence-electron chi connectivity index (χ4n) is 0.653. The van der Waals surface area contributed by atoms with Gasteiger partial charge in [-0.15, -0.1) is 0 Å². The molecule has 0 atom stereocenters. The molecule has 0 rings (SSSR count). The lowest BCUT2D eigenvalue weighted by Gasteiger charge is -2.01. The largest absolute Gasteiger partial charge is 0.495 e. The lowest BCUT2D eigenvalue weighted by atomic mass is 10.2. The first kappa shape index (κ1) is 11.0. The maximum atomic E-state index is 8.65. The van der Waals surface area contributed by atoms with Crippen molar-refractivity contribution in [1.29, 1.82) is 5.26 Å². The normalized spacial score (nSPS) is 13.2. The van der Waals surface area contributed by atoms with E-state index in [2.05, 4.69) is 15.9 Å². The smallest absolute Gasteiger partial charge is 0.136 e. The van der Waals surface area contributed by atoms with Crippen LogP contribution in [-0.4, -0.2) is 7.11 Å². The van der Waals surface area contributed by atoms with E-state index >= 15 is 0 Å². The summed E-state index contributed by atoms with van der Waals surface area (Å²) in [7, 11) is 1.54. The molecule has 0 saturated carbocycles. The van der Waals surface area contributed by atoms with Crippen LogP contribution in [0.4, 0.5) is 0 Å². The van der Waals surface area contributed by atoms with Crippen molar-refractivity contribution in [3.05, 3.63) is 34.5 Å². The molecule has 0 aromatic rings. The molecule has 0 amide bonds. The molecule has 0 aliphatic carbocycles. The van der Waals surface area contributed by atoms with Crippen LogP contribution < -0.4 is 0 Å². The molecule has 0 saturated heterocycles. The van der Waals surface area contributed by atoms with Crippen molar-refractivity contribution in [1.82, 2.24) is 0 Å². The van der Waals surface area contributed by atoms with E-state index in [1.54, 1.807) is 30.1 Å². The second kappa shape index (κ2) is 6.68. The van der Waals surface area contributed by atoms with E-state index < -0.39 is 0 Å². The molecule has 2 nitrogen and oxygen atoms in total. The minimum absolute atomic E-state index is 0.531. The predicted molar refractivity (Wildman–Crippen MR) is 52.5 cm³/mol. The third kappa shape index (κ3) is 3.40. The van der Waals surface area contributed by atoms with Gasteiger partial charge in [0.2, 0.25) is 0 Å². The summed E-state index contributed by atoms with van der Waals surface area (Å²) >= 11 is 3.12. The number of allylic oxidation sites excluding steroid dienone is 4. The standard InChI is InChI=1S/C9H10BrNO/c1-3-8(7-11)9(12-2)5-4-6-10/h3-6H,1-2H3/b6-4+,8-3-,9-5+. The lowest BCUT2D eigenvalue weighted by molar-refractivity contribution is 0.303. The molecule has 0 bridgehead atoms. The molecule has 0 heterocycles. The van der Waals surface area contributed by atoms with Crippen molar-refractivity contribution >= 4 is 15.9 Å². The number of nitrogens with zero attached hydrogens (tertiary/aromatic N) is 1. The Morgan fingerprint density at radius 1 is 1.58 bits per heavy atom. The van der Waals surface area contributed by atoms with Gasteiger partial charge in [-0.25, -0.2) is 0 Å². The van der Waals surface area contributed by atoms with Gasteiger partial charge in [-0.1, -0.05) is 28.1 Å². The van der Waals surface area contributed by atoms with E-state index in [0.717, 1.165) is 0 Å². The molecule has 0 aromatic carbocycles. The molecule has 0 radical (unpaired) electrons. The average molecular weight is 228 g/mol. The van der Waals surface area contributed by atoms with Gasteiger partial charge in [-0.3, -0.25) is 0 Å². The van der Waals surface area contributed by atoms with Crippen molar-refractivity contribution < 1.29 is 4.74 Å². The van der Waals surface area contributed by atoms with Gasteiger partial charge in [0.05, 0.1) is 12.7 Å². The molecule has 0 aliphatic heterocycles. The Bertz CT molecular complexity index is 258. The first-order valence-electron chi connectivity index (χ1n) is 3.38. The highest BCUT2D eigenvalue weighted by molar-refractivity contribution is 9.11. The average Bonchev–Trinajstić information content (AvgIpc) is 2.12. The fourth-order valence-corrected chi connectivity index (χ4v) is 0.806. The van der Waals surface area contributed by atoms with Crippen LogP contribution in [0.2, 0.25) is 0 Å². The molecule has 3 heteroatoms. The Kier molecular flexibility index (Phi) is 6.12. The van der Waals surface area contributed by atoms with Gasteiger partial charge in [0.15, 0.2) is 0 Å². The molecular weight excluding hydrogens is 218 g/mol. The van der Waals surface area contributed by atoms with Crippen molar-refractivity contribution in [2.75, 3.05) is 7.11 Å². The number of ether oxygens (including phenoxy) is 1. The number of halogens is 1. The minimum atomic E-state index is 0.531. The van der Waals surface area contributed by atoms with Crippen LogP contribution in [0.3, 0.4) is 0 Å². The lowest BCUT2D eigenvalue weighted by Crippen LogP contribution is -1.88. The summed E-state index contributed by atoms with van der Waals surface area (Å²) in [5, 5.41) is 8.65. The quantitative estimate of drug-likeness (QED) is 0.422. The van der Waals surface area contributed by atoms with Crippen LogP contribution in [-0.2, 0) is 4.74 Å². The number of methoxy groups -OCH3 is 1. The van der Waals surface area contributed by atoms with Crippen LogP contribution in [0.25, 0.3) is 0 Å². The van der Waals surface area contributed by atoms with Gasteiger partial charge in [0.25, 0.3) is 0 Å². The molecule has 0 spiro atoms. The SMILES string of the molecule is C\C=C(C#N)/C(=C\C=C\Br)OC. The highest BCUT2D eigenvalue weighted by Gasteiger charge is 2.00. The van der Waals surface area contributed by atoms with Crippen molar-refractivity contribution in [2.45, 2.75) is 6.92 Å². The maximum absolute atomic E-state index is 8.65. The summed E-state index contributed by atoms with van der Waals surface area (Å²) in [6, 6.07) is 2.03. The van der Waals surface area contributed by atoms with Gasteiger partial charge >= 0.3 is 0 Å². The summed E-state index contributed by atoms with van der Waals surface area (Å²) in [5.41, 5.74) is 0.531. The molecule has 12 heavy (non-hydrogen) atoms. The van der Waals surface area contributed by atoms with E-state index in [4.69, 9.17) is 10.00 Å². The third-order valence-electron chi connectivity index (χ3n) is 1.21. The molecule has 0 aliphatic rings. The first-order valence-corrected chi connectivity index (χ1v) is 4.29. The zero-order chi connectivity index (χ0) is 9.40. The maximum Gasteiger partial charge on any atom is 0.136 e. The monoisotopic (exact) mass is 227 g/mol. The summed E-state index contributed by atoms with van der Waals surface area (Å²) in [6.07, 6.45) is 5.17. The zero-order valence-corrected chi connectivity index (χ0v) is 8.63. The van der Waals surface area contributed by atoms with E-state index in [-0.39, 0.29) is 0 Å². The van der Waals surface area contributed by atoms with Crippen molar-refractivity contribution in [3.8, 4) is 6.07 Å². The van der Waals surface area contributed by atoms with Gasteiger partial charge in [0, 0.05) is 0 Å². The molecule has 0 aromatic heterocycles. The fraction of sp³-hybridized carbons (Fsp3) is 0.222. The zero-order valence-electron chi connectivity index (χ0n) is 7.04. The van der Waals surface area contributed by atoms with Crippen molar-refractivity contribution in [2.24, 2.45) is 0 Å². The van der Waals surface area contributed by atoms with E-state index in [0.29, 0.717) is 11.3 Å². The highest BCUT2D eigenvalue weighted by atomic mass is 79.9. The molecule has 0 fully saturated rings. The Hall–Kier alpha value is -1.01. The topological polar surface area (TPSA) is 33.0 Å². The number of hydrogen-bond donors (Lipinski definition) is 0. The van der Waals surface area contributed by atoms with Crippen LogP contribution in [0.15, 0.2) is 34.5 Å². The highest BCUT2D eigenvalue weighted by Crippen LogP contribution is 2.09. The van der Waals surface area contributed by atoms with E-state index in [1.807, 2.05) is 6.07 Å². The number of rotatable bonds is 3. The number of hydrogen-bond acceptors (Lipinski definition) is 2. The van der Waals surface area contributed by atoms with Crippen molar-refractivity contribution in [3.63, 3.8) is 0 Å². The van der Waals surface area contributed by atoms with Gasteiger partial charge in [0.1, 0.15) is 11.8 Å². The van der Waals surface area contributed by atoms with Crippen LogP contribution in [0.1, 0.15) is 6.92 Å². The second-order valence-electron chi connectivity index (χ2n) is 1.87. The van der Waals surface area contributed by atoms with Crippen LogP contribution in [0, 0.1) is 11.3 Å². The van der Waals surface area contributed by atoms with Crippen LogP contribution >= 0.6 is 15.9 Å². The van der Waals surface area contributed by atoms with Gasteiger partial charge < -0.3 is 4.74 Å². The summed E-state index contributed by atoms with van der Waals surface area (Å²) in [5.74, 6) is 0.565. The Balaban J connectivity index is 4.68. The predicted octanol–water partition coefficient (Wildman–Crippen LogP) is 2.90. The summed E-state index contributed by atoms with van der Waals surface area (Å²) in [6.45, 7) is 1.79. The third-order valence-corrected chi connectivity index (χ3v) is 1.52. The Labute approximate surface area is 81.0 Å². The molecule has 0 N–H and O–H groups in total. The Morgan fingerprint density at radius 3 is 2.58 bits per heavy atom. The Morgan fingerprint density at radius 2 is 2.25 bits per heavy atom. The number of nitriles is 1. The summed E-state index contributed by atoms with van der Waals surface area (Å²) < 4.78 is 4.99. The first-order chi connectivity index (χ1) is 5.79. The second-order valence-corrected chi connectivity index (χ2v) is 2.40.